The van der Waals surface area contributed by atoms with E-state index >= 15 is 0 Å². The molecule has 2 saturated heterocycles. The van der Waals surface area contributed by atoms with E-state index in [4.69, 9.17) is 16.3 Å². The smallest absolute Gasteiger partial charge is 0.343 e. The second-order valence-corrected chi connectivity index (χ2v) is 10.0. The summed E-state index contributed by atoms with van der Waals surface area (Å²) in [5.74, 6) is -4.57. The summed E-state index contributed by atoms with van der Waals surface area (Å²) < 4.78 is 34.6. The number of esters is 1. The summed E-state index contributed by atoms with van der Waals surface area (Å²) in [5.41, 5.74) is -1.82. The summed E-state index contributed by atoms with van der Waals surface area (Å²) in [5, 5.41) is 11.9. The predicted molar refractivity (Wildman–Crippen MR) is 106 cm³/mol. The molecular weight excluding hydrogens is 480 g/mol. The first-order valence-electron chi connectivity index (χ1n) is 10.4. The molecule has 1 aliphatic carbocycles. The molecule has 0 amide bonds. The Bertz CT molecular complexity index is 775. The summed E-state index contributed by atoms with van der Waals surface area (Å²) in [4.78, 5) is 13.3. The molecule has 2 aliphatic heterocycles. The van der Waals surface area contributed by atoms with Crippen LogP contribution in [0.15, 0.2) is 24.3 Å². The Labute approximate surface area is 191 Å². The zero-order valence-corrected chi connectivity index (χ0v) is 19.6. The van der Waals surface area contributed by atoms with Crippen LogP contribution >= 0.6 is 11.6 Å². The molecule has 1 saturated carbocycles. The van der Waals surface area contributed by atoms with Gasteiger partial charge in [-0.05, 0) is 24.1 Å². The van der Waals surface area contributed by atoms with Crippen molar-refractivity contribution in [3.8, 4) is 0 Å². The second-order valence-electron chi connectivity index (χ2n) is 9.58. The number of carbonyl (C=O) groups is 1. The number of hydrogen-bond acceptors (Lipinski definition) is 3. The Kier molecular flexibility index (Phi) is 6.61. The van der Waals surface area contributed by atoms with Gasteiger partial charge in [0.15, 0.2) is 5.60 Å². The molecule has 0 spiro atoms. The van der Waals surface area contributed by atoms with Gasteiger partial charge in [-0.25, -0.2) is 13.6 Å². The highest BCUT2D eigenvalue weighted by molar-refractivity contribution is 6.30. The minimum atomic E-state index is -2.88. The first-order chi connectivity index (χ1) is 13.5. The molecule has 1 unspecified atom stereocenters. The zero-order chi connectivity index (χ0) is 21.0. The highest BCUT2D eigenvalue weighted by atomic mass is 79.9. The highest BCUT2D eigenvalue weighted by Gasteiger charge is 2.56. The Morgan fingerprint density at radius 2 is 1.73 bits per heavy atom. The van der Waals surface area contributed by atoms with Gasteiger partial charge >= 0.3 is 5.97 Å². The minimum absolute atomic E-state index is 0. The van der Waals surface area contributed by atoms with E-state index in [0.717, 1.165) is 30.2 Å². The number of halogens is 4. The van der Waals surface area contributed by atoms with Crippen LogP contribution in [0.25, 0.3) is 0 Å². The van der Waals surface area contributed by atoms with Crippen molar-refractivity contribution < 1.29 is 44.9 Å². The molecule has 1 aromatic rings. The molecule has 168 valence electrons. The first-order valence-corrected chi connectivity index (χ1v) is 10.8. The Balaban J connectivity index is 0.00000256. The summed E-state index contributed by atoms with van der Waals surface area (Å²) in [7, 11) is 4.43. The quantitative estimate of drug-likeness (QED) is 0.492. The summed E-state index contributed by atoms with van der Waals surface area (Å²) in [6.45, 7) is 0. The lowest BCUT2D eigenvalue weighted by molar-refractivity contribution is -0.931. The molecule has 4 nitrogen and oxygen atoms in total. The number of fused-ring (bicyclic) bond motifs is 2. The lowest BCUT2D eigenvalue weighted by Crippen LogP contribution is -3.00. The Hall–Kier alpha value is -0.760. The summed E-state index contributed by atoms with van der Waals surface area (Å²) in [6.07, 6.45) is 2.61. The van der Waals surface area contributed by atoms with Crippen LogP contribution < -0.4 is 17.0 Å². The maximum atomic E-state index is 13.9. The molecule has 4 rings (SSSR count). The fourth-order valence-corrected chi connectivity index (χ4v) is 5.82. The first kappa shape index (κ1) is 23.9. The molecule has 2 heterocycles. The number of rotatable bonds is 4. The number of quaternary nitrogens is 1. The lowest BCUT2D eigenvalue weighted by Gasteiger charge is -2.44. The molecule has 5 atom stereocenters. The van der Waals surface area contributed by atoms with Crippen molar-refractivity contribution in [3.63, 3.8) is 0 Å². The third-order valence-corrected chi connectivity index (χ3v) is 7.90. The second kappa shape index (κ2) is 8.30. The number of ether oxygens (including phenoxy) is 1. The molecule has 1 N–H and O–H groups in total. The van der Waals surface area contributed by atoms with Crippen LogP contribution in [0.3, 0.4) is 0 Å². The molecular formula is C22H29BrClF2NO3. The van der Waals surface area contributed by atoms with Gasteiger partial charge in [0.25, 0.3) is 0 Å². The molecule has 30 heavy (non-hydrogen) atoms. The van der Waals surface area contributed by atoms with Crippen LogP contribution in [-0.4, -0.2) is 53.8 Å². The lowest BCUT2D eigenvalue weighted by atomic mass is 9.80. The van der Waals surface area contributed by atoms with Gasteiger partial charge in [0.1, 0.15) is 6.10 Å². The number of alkyl halides is 2. The predicted octanol–water partition coefficient (Wildman–Crippen LogP) is 1.28. The van der Waals surface area contributed by atoms with Crippen molar-refractivity contribution in [1.82, 2.24) is 0 Å². The molecule has 2 bridgehead atoms. The summed E-state index contributed by atoms with van der Waals surface area (Å²) >= 11 is 5.95. The normalized spacial score (nSPS) is 33.4. The van der Waals surface area contributed by atoms with Gasteiger partial charge in [-0.15, -0.1) is 0 Å². The van der Waals surface area contributed by atoms with Gasteiger partial charge in [-0.1, -0.05) is 23.7 Å². The fourth-order valence-electron chi connectivity index (χ4n) is 5.70. The van der Waals surface area contributed by atoms with E-state index in [1.165, 1.54) is 12.1 Å². The van der Waals surface area contributed by atoms with Gasteiger partial charge in [-0.2, -0.15) is 0 Å². The van der Waals surface area contributed by atoms with Crippen molar-refractivity contribution >= 4 is 17.6 Å². The van der Waals surface area contributed by atoms with Gasteiger partial charge < -0.3 is 31.3 Å². The number of aliphatic hydroxyl groups is 1. The van der Waals surface area contributed by atoms with E-state index in [-0.39, 0.29) is 41.5 Å². The molecule has 0 radical (unpaired) electrons. The van der Waals surface area contributed by atoms with E-state index in [1.54, 1.807) is 12.1 Å². The maximum absolute atomic E-state index is 13.9. The van der Waals surface area contributed by atoms with Crippen molar-refractivity contribution in [2.45, 2.75) is 74.7 Å². The van der Waals surface area contributed by atoms with Gasteiger partial charge in [0, 0.05) is 49.5 Å². The van der Waals surface area contributed by atoms with Crippen molar-refractivity contribution in [2.24, 2.45) is 5.92 Å². The van der Waals surface area contributed by atoms with Crippen LogP contribution in [0.2, 0.25) is 5.02 Å². The van der Waals surface area contributed by atoms with Crippen LogP contribution in [0.1, 0.15) is 50.5 Å². The van der Waals surface area contributed by atoms with E-state index in [9.17, 15) is 18.7 Å². The van der Waals surface area contributed by atoms with Gasteiger partial charge in [0.2, 0.25) is 5.92 Å². The van der Waals surface area contributed by atoms with E-state index < -0.39 is 29.8 Å². The number of benzene rings is 1. The largest absolute Gasteiger partial charge is 1.00 e. The molecule has 3 fully saturated rings. The number of piperidine rings is 1. The minimum Gasteiger partial charge on any atom is -1.00 e. The van der Waals surface area contributed by atoms with Gasteiger partial charge in [-0.3, -0.25) is 0 Å². The molecule has 0 aromatic heterocycles. The fraction of sp³-hybridized carbons (Fsp3) is 0.682. The average molecular weight is 509 g/mol. The Morgan fingerprint density at radius 3 is 2.23 bits per heavy atom. The third kappa shape index (κ3) is 4.15. The van der Waals surface area contributed by atoms with E-state index in [2.05, 4.69) is 14.1 Å². The highest BCUT2D eigenvalue weighted by Crippen LogP contribution is 2.49. The number of carbonyl (C=O) groups excluding carboxylic acids is 1. The van der Waals surface area contributed by atoms with Crippen molar-refractivity contribution in [2.75, 3.05) is 14.1 Å². The van der Waals surface area contributed by atoms with Crippen LogP contribution in [-0.2, 0) is 15.1 Å². The topological polar surface area (TPSA) is 46.5 Å². The van der Waals surface area contributed by atoms with Crippen LogP contribution in [0, 0.1) is 5.92 Å². The maximum Gasteiger partial charge on any atom is 0.343 e. The zero-order valence-electron chi connectivity index (χ0n) is 17.3. The molecule has 3 aliphatic rings. The monoisotopic (exact) mass is 507 g/mol. The van der Waals surface area contributed by atoms with Crippen molar-refractivity contribution in [1.29, 1.82) is 0 Å². The molecule has 1 aromatic carbocycles. The van der Waals surface area contributed by atoms with Crippen molar-refractivity contribution in [3.05, 3.63) is 34.9 Å². The van der Waals surface area contributed by atoms with Crippen LogP contribution in [0.5, 0.6) is 0 Å². The SMILES string of the molecule is C[N+]1(C)[C@@H]2CC[C@H]1CC(OC(=O)[C@](O)(c1ccc(Cl)cc1)[C@@H]1CCC(F)(F)C1)C2.[Br-]. The summed E-state index contributed by atoms with van der Waals surface area (Å²) in [6, 6.07) is 7.03. The third-order valence-electron chi connectivity index (χ3n) is 7.65. The average Bonchev–Trinajstić information content (AvgIpc) is 3.04. The van der Waals surface area contributed by atoms with E-state index in [0.29, 0.717) is 17.1 Å². The molecule has 8 heteroatoms. The Morgan fingerprint density at radius 1 is 1.17 bits per heavy atom. The van der Waals surface area contributed by atoms with Crippen LogP contribution in [0.4, 0.5) is 8.78 Å². The standard InChI is InChI=1S/C22H29ClF2NO3.BrH/c1-26(2)17-7-8-18(26)12-19(11-17)29-20(27)22(28,14-3-5-16(23)6-4-14)15-9-10-21(24,25)13-15;/h3-6,15,17-19,28H,7-13H2,1-2H3;1H/q+1;/p-1/t15-,17-,18+,19?,22+;/m1./s1. The number of hydrogen-bond donors (Lipinski definition) is 1. The number of nitrogens with zero attached hydrogens (tertiary/aromatic N) is 1. The van der Waals surface area contributed by atoms with E-state index in [1.807, 2.05) is 0 Å². The van der Waals surface area contributed by atoms with Gasteiger partial charge in [0.05, 0.1) is 26.2 Å².